The maximum absolute atomic E-state index is 6.37. The summed E-state index contributed by atoms with van der Waals surface area (Å²) >= 11 is 6.37. The van der Waals surface area contributed by atoms with Crippen molar-refractivity contribution in [3.63, 3.8) is 0 Å². The van der Waals surface area contributed by atoms with Crippen molar-refractivity contribution in [1.82, 2.24) is 9.97 Å². The largest absolute Gasteiger partial charge is 0.250 e. The van der Waals surface area contributed by atoms with Crippen LogP contribution in [0.5, 0.6) is 0 Å². The van der Waals surface area contributed by atoms with Crippen molar-refractivity contribution in [2.45, 2.75) is 31.6 Å². The Bertz CT molecular complexity index is 549. The van der Waals surface area contributed by atoms with E-state index in [1.165, 1.54) is 12.8 Å². The van der Waals surface area contributed by atoms with Gasteiger partial charge in [-0.3, -0.25) is 0 Å². The molecule has 3 rings (SSSR count). The average Bonchev–Trinajstić information content (AvgIpc) is 3.14. The SMILES string of the molecule is Cc1nc2ccccc2nc1CC(Cl)C1CC1. The van der Waals surface area contributed by atoms with Crippen LogP contribution in [0.2, 0.25) is 0 Å². The number of para-hydroxylation sites is 2. The molecule has 1 aromatic heterocycles. The van der Waals surface area contributed by atoms with Crippen LogP contribution in [-0.4, -0.2) is 15.3 Å². The van der Waals surface area contributed by atoms with Crippen molar-refractivity contribution < 1.29 is 0 Å². The van der Waals surface area contributed by atoms with E-state index in [0.717, 1.165) is 28.8 Å². The fraction of sp³-hybridized carbons (Fsp3) is 0.429. The van der Waals surface area contributed by atoms with Crippen LogP contribution in [0.3, 0.4) is 0 Å². The summed E-state index contributed by atoms with van der Waals surface area (Å²) in [7, 11) is 0. The highest BCUT2D eigenvalue weighted by Gasteiger charge is 2.30. The molecule has 88 valence electrons. The second-order valence-electron chi connectivity index (χ2n) is 4.80. The quantitative estimate of drug-likeness (QED) is 0.775. The standard InChI is InChI=1S/C14H15ClN2/c1-9-14(8-11(15)10-6-7-10)17-13-5-3-2-4-12(13)16-9/h2-5,10-11H,6-8H2,1H3. The normalized spacial score (nSPS) is 17.3. The van der Waals surface area contributed by atoms with Gasteiger partial charge in [-0.25, -0.2) is 9.97 Å². The summed E-state index contributed by atoms with van der Waals surface area (Å²) in [4.78, 5) is 9.27. The minimum Gasteiger partial charge on any atom is -0.250 e. The molecule has 0 aliphatic heterocycles. The van der Waals surface area contributed by atoms with E-state index in [4.69, 9.17) is 11.6 Å². The van der Waals surface area contributed by atoms with Crippen LogP contribution in [0.1, 0.15) is 24.2 Å². The van der Waals surface area contributed by atoms with Gasteiger partial charge in [0, 0.05) is 11.8 Å². The molecule has 2 nitrogen and oxygen atoms in total. The van der Waals surface area contributed by atoms with Crippen LogP contribution >= 0.6 is 11.6 Å². The number of benzene rings is 1. The maximum atomic E-state index is 6.37. The zero-order valence-electron chi connectivity index (χ0n) is 9.86. The summed E-state index contributed by atoms with van der Waals surface area (Å²) in [5, 5.41) is 0.226. The fourth-order valence-electron chi connectivity index (χ4n) is 2.13. The zero-order valence-corrected chi connectivity index (χ0v) is 10.6. The third-order valence-corrected chi connectivity index (χ3v) is 3.88. The van der Waals surface area contributed by atoms with Crippen molar-refractivity contribution in [2.24, 2.45) is 5.92 Å². The van der Waals surface area contributed by atoms with E-state index in [0.29, 0.717) is 5.92 Å². The lowest BCUT2D eigenvalue weighted by Crippen LogP contribution is -2.09. The van der Waals surface area contributed by atoms with Crippen LogP contribution in [0.25, 0.3) is 11.0 Å². The summed E-state index contributed by atoms with van der Waals surface area (Å²) < 4.78 is 0. The van der Waals surface area contributed by atoms with Crippen molar-refractivity contribution in [2.75, 3.05) is 0 Å². The van der Waals surface area contributed by atoms with Crippen LogP contribution < -0.4 is 0 Å². The van der Waals surface area contributed by atoms with Crippen molar-refractivity contribution in [3.8, 4) is 0 Å². The van der Waals surface area contributed by atoms with Gasteiger partial charge in [0.15, 0.2) is 0 Å². The molecule has 1 saturated carbocycles. The maximum Gasteiger partial charge on any atom is 0.0890 e. The highest BCUT2D eigenvalue weighted by atomic mass is 35.5. The first-order valence-electron chi connectivity index (χ1n) is 6.10. The fourth-order valence-corrected chi connectivity index (χ4v) is 2.53. The number of aromatic nitrogens is 2. The lowest BCUT2D eigenvalue weighted by Gasteiger charge is -2.10. The molecule has 1 aliphatic carbocycles. The molecule has 1 fully saturated rings. The Hall–Kier alpha value is -1.15. The summed E-state index contributed by atoms with van der Waals surface area (Å²) in [5.41, 5.74) is 3.99. The minimum absolute atomic E-state index is 0.226. The smallest absolute Gasteiger partial charge is 0.0890 e. The average molecular weight is 247 g/mol. The van der Waals surface area contributed by atoms with E-state index in [1.807, 2.05) is 31.2 Å². The number of rotatable bonds is 3. The predicted molar refractivity (Wildman–Crippen MR) is 70.3 cm³/mol. The molecule has 0 bridgehead atoms. The van der Waals surface area contributed by atoms with E-state index in [-0.39, 0.29) is 5.38 Å². The monoisotopic (exact) mass is 246 g/mol. The number of alkyl halides is 1. The molecule has 0 saturated heterocycles. The summed E-state index contributed by atoms with van der Waals surface area (Å²) in [6, 6.07) is 7.99. The molecule has 2 aromatic rings. The van der Waals surface area contributed by atoms with Crippen molar-refractivity contribution in [3.05, 3.63) is 35.7 Å². The molecule has 0 spiro atoms. The van der Waals surface area contributed by atoms with Crippen molar-refractivity contribution >= 4 is 22.6 Å². The molecule has 1 heterocycles. The van der Waals surface area contributed by atoms with Gasteiger partial charge in [-0.15, -0.1) is 11.6 Å². The van der Waals surface area contributed by atoms with E-state index >= 15 is 0 Å². The Morgan fingerprint density at radius 3 is 2.53 bits per heavy atom. The molecule has 3 heteroatoms. The molecule has 1 unspecified atom stereocenters. The molecule has 0 amide bonds. The van der Waals surface area contributed by atoms with Gasteiger partial charge in [0.1, 0.15) is 0 Å². The van der Waals surface area contributed by atoms with Gasteiger partial charge in [0.2, 0.25) is 0 Å². The van der Waals surface area contributed by atoms with Gasteiger partial charge >= 0.3 is 0 Å². The Kier molecular flexibility index (Phi) is 2.75. The Morgan fingerprint density at radius 2 is 1.88 bits per heavy atom. The Labute approximate surface area is 106 Å². The minimum atomic E-state index is 0.226. The summed E-state index contributed by atoms with van der Waals surface area (Å²) in [6.07, 6.45) is 3.39. The highest BCUT2D eigenvalue weighted by Crippen LogP contribution is 2.37. The lowest BCUT2D eigenvalue weighted by atomic mass is 10.1. The molecule has 1 aliphatic rings. The van der Waals surface area contributed by atoms with Gasteiger partial charge in [0.25, 0.3) is 0 Å². The topological polar surface area (TPSA) is 25.8 Å². The molecule has 17 heavy (non-hydrogen) atoms. The van der Waals surface area contributed by atoms with E-state index in [9.17, 15) is 0 Å². The first kappa shape index (κ1) is 11.0. The van der Waals surface area contributed by atoms with Gasteiger partial charge in [-0.05, 0) is 37.8 Å². The third-order valence-electron chi connectivity index (χ3n) is 3.36. The Morgan fingerprint density at radius 1 is 1.24 bits per heavy atom. The molecule has 1 atom stereocenters. The van der Waals surface area contributed by atoms with Gasteiger partial charge in [0.05, 0.1) is 22.4 Å². The third kappa shape index (κ3) is 2.27. The number of aryl methyl sites for hydroxylation is 1. The second-order valence-corrected chi connectivity index (χ2v) is 5.36. The van der Waals surface area contributed by atoms with Crippen LogP contribution in [0.15, 0.2) is 24.3 Å². The van der Waals surface area contributed by atoms with Crippen LogP contribution in [0, 0.1) is 12.8 Å². The molecule has 1 aromatic carbocycles. The van der Waals surface area contributed by atoms with Crippen LogP contribution in [-0.2, 0) is 6.42 Å². The number of nitrogens with zero attached hydrogens (tertiary/aromatic N) is 2. The molecular formula is C14H15ClN2. The number of halogens is 1. The zero-order chi connectivity index (χ0) is 11.8. The molecule has 0 radical (unpaired) electrons. The predicted octanol–water partition coefficient (Wildman–Crippen LogP) is 3.50. The van der Waals surface area contributed by atoms with Crippen molar-refractivity contribution in [1.29, 1.82) is 0 Å². The summed E-state index contributed by atoms with van der Waals surface area (Å²) in [5.74, 6) is 0.698. The molecular weight excluding hydrogens is 232 g/mol. The van der Waals surface area contributed by atoms with Gasteiger partial charge in [-0.2, -0.15) is 0 Å². The first-order valence-corrected chi connectivity index (χ1v) is 6.54. The Balaban J connectivity index is 1.94. The second kappa shape index (κ2) is 4.26. The van der Waals surface area contributed by atoms with Crippen LogP contribution in [0.4, 0.5) is 0 Å². The van der Waals surface area contributed by atoms with E-state index in [2.05, 4.69) is 9.97 Å². The van der Waals surface area contributed by atoms with Gasteiger partial charge < -0.3 is 0 Å². The van der Waals surface area contributed by atoms with E-state index < -0.39 is 0 Å². The van der Waals surface area contributed by atoms with E-state index in [1.54, 1.807) is 0 Å². The first-order chi connectivity index (χ1) is 8.24. The number of hydrogen-bond donors (Lipinski definition) is 0. The summed E-state index contributed by atoms with van der Waals surface area (Å²) in [6.45, 7) is 2.02. The lowest BCUT2D eigenvalue weighted by molar-refractivity contribution is 0.720. The highest BCUT2D eigenvalue weighted by molar-refractivity contribution is 6.21. The van der Waals surface area contributed by atoms with Gasteiger partial charge in [-0.1, -0.05) is 12.1 Å². The number of hydrogen-bond acceptors (Lipinski definition) is 2. The molecule has 0 N–H and O–H groups in total. The number of fused-ring (bicyclic) bond motifs is 1.